The highest BCUT2D eigenvalue weighted by Gasteiger charge is 2.29. The number of nitro benzene ring substituents is 1. The van der Waals surface area contributed by atoms with Gasteiger partial charge in [0, 0.05) is 11.6 Å². The maximum Gasteiger partial charge on any atom is 0.311 e. The second-order valence-electron chi connectivity index (χ2n) is 7.48. The number of ether oxygens (including phenoxy) is 2. The third kappa shape index (κ3) is 5.96. The molecule has 3 aromatic rings. The number of nitrogens with zero attached hydrogens (tertiary/aromatic N) is 3. The molecule has 0 unspecified atom stereocenters. The van der Waals surface area contributed by atoms with Gasteiger partial charge in [-0.25, -0.2) is 13.8 Å². The van der Waals surface area contributed by atoms with E-state index in [0.29, 0.717) is 5.56 Å². The van der Waals surface area contributed by atoms with Crippen molar-refractivity contribution in [2.24, 2.45) is 5.10 Å². The first kappa shape index (κ1) is 26.2. The Bertz CT molecular complexity index is 1390. The van der Waals surface area contributed by atoms with Crippen molar-refractivity contribution in [1.29, 1.82) is 0 Å². The predicted molar refractivity (Wildman–Crippen MR) is 134 cm³/mol. The Morgan fingerprint density at radius 3 is 2.36 bits per heavy atom. The summed E-state index contributed by atoms with van der Waals surface area (Å²) in [6.45, 7) is 1.23. The quantitative estimate of drug-likeness (QED) is 0.250. The van der Waals surface area contributed by atoms with E-state index in [9.17, 15) is 23.3 Å². The number of anilines is 1. The van der Waals surface area contributed by atoms with Gasteiger partial charge in [0.15, 0.2) is 5.75 Å². The largest absolute Gasteiger partial charge is 0.495 e. The highest BCUT2D eigenvalue weighted by Crippen LogP contribution is 2.32. The Labute approximate surface area is 208 Å². The zero-order chi connectivity index (χ0) is 26.3. The van der Waals surface area contributed by atoms with Crippen LogP contribution in [0, 0.1) is 17.0 Å². The first-order valence-corrected chi connectivity index (χ1v) is 12.0. The molecule has 11 nitrogen and oxygen atoms in total. The lowest BCUT2D eigenvalue weighted by Gasteiger charge is -2.25. The number of benzene rings is 3. The van der Waals surface area contributed by atoms with Gasteiger partial charge in [-0.05, 0) is 43.3 Å². The molecule has 1 N–H and O–H groups in total. The molecule has 0 fully saturated rings. The summed E-state index contributed by atoms with van der Waals surface area (Å²) in [7, 11) is -1.44. The second-order valence-corrected chi connectivity index (χ2v) is 9.34. The number of nitro groups is 1. The summed E-state index contributed by atoms with van der Waals surface area (Å²) in [6, 6.07) is 16.8. The number of carbonyl (C=O) groups is 1. The van der Waals surface area contributed by atoms with E-state index in [1.165, 1.54) is 56.8 Å². The molecule has 3 rings (SSSR count). The molecule has 3 aromatic carbocycles. The zero-order valence-corrected chi connectivity index (χ0v) is 20.6. The van der Waals surface area contributed by atoms with Crippen LogP contribution in [-0.2, 0) is 14.8 Å². The number of rotatable bonds is 10. The number of carbonyl (C=O) groups excluding carboxylic acids is 1. The maximum absolute atomic E-state index is 13.5. The van der Waals surface area contributed by atoms with Crippen molar-refractivity contribution in [1.82, 2.24) is 5.43 Å². The minimum Gasteiger partial charge on any atom is -0.495 e. The van der Waals surface area contributed by atoms with Crippen LogP contribution in [-0.4, -0.2) is 46.2 Å². The number of hydrogen-bond donors (Lipinski definition) is 1. The molecule has 188 valence electrons. The van der Waals surface area contributed by atoms with E-state index in [1.807, 2.05) is 6.92 Å². The van der Waals surface area contributed by atoms with E-state index < -0.39 is 27.4 Å². The average molecular weight is 513 g/mol. The summed E-state index contributed by atoms with van der Waals surface area (Å²) < 4.78 is 38.2. The number of hydrazone groups is 1. The van der Waals surface area contributed by atoms with Crippen LogP contribution < -0.4 is 19.2 Å². The monoisotopic (exact) mass is 512 g/mol. The van der Waals surface area contributed by atoms with Gasteiger partial charge in [0.05, 0.1) is 35.9 Å². The third-order valence-corrected chi connectivity index (χ3v) is 6.83. The summed E-state index contributed by atoms with van der Waals surface area (Å²) in [5.41, 5.74) is 3.38. The maximum atomic E-state index is 13.5. The fraction of sp³-hybridized carbons (Fsp3) is 0.167. The van der Waals surface area contributed by atoms with Crippen LogP contribution in [0.4, 0.5) is 11.4 Å². The Balaban J connectivity index is 1.87. The third-order valence-electron chi connectivity index (χ3n) is 5.05. The van der Waals surface area contributed by atoms with Crippen LogP contribution in [0.15, 0.2) is 76.7 Å². The van der Waals surface area contributed by atoms with E-state index in [-0.39, 0.29) is 27.8 Å². The standard InChI is InChI=1S/C24H24N4O7S/c1-17-8-11-19(12-9-17)36(32,33)27(20-6-4-5-7-22(20)34-2)16-24(29)26-25-15-18-10-13-23(35-3)21(14-18)28(30)31/h4-15H,16H2,1-3H3,(H,26,29)/b25-15-. The Kier molecular flexibility index (Phi) is 8.22. The molecule has 1 amide bonds. The second kappa shape index (κ2) is 11.3. The molecule has 0 aliphatic carbocycles. The number of aryl methyl sites for hydroxylation is 1. The predicted octanol–water partition coefficient (Wildman–Crippen LogP) is 3.27. The number of amides is 1. The SMILES string of the molecule is COc1ccccc1N(CC(=O)N/N=C\c1ccc(OC)c([N+](=O)[O-])c1)S(=O)(=O)c1ccc(C)cc1. The highest BCUT2D eigenvalue weighted by atomic mass is 32.2. The Morgan fingerprint density at radius 2 is 1.72 bits per heavy atom. The van der Waals surface area contributed by atoms with E-state index in [1.54, 1.807) is 30.3 Å². The van der Waals surface area contributed by atoms with Crippen LogP contribution in [0.25, 0.3) is 0 Å². The van der Waals surface area contributed by atoms with Gasteiger partial charge >= 0.3 is 5.69 Å². The van der Waals surface area contributed by atoms with Gasteiger partial charge in [0.2, 0.25) is 0 Å². The van der Waals surface area contributed by atoms with Gasteiger partial charge in [0.25, 0.3) is 15.9 Å². The van der Waals surface area contributed by atoms with E-state index in [0.717, 1.165) is 9.87 Å². The summed E-state index contributed by atoms with van der Waals surface area (Å²) in [5, 5.41) is 15.0. The molecular formula is C24H24N4O7S. The molecule has 36 heavy (non-hydrogen) atoms. The summed E-state index contributed by atoms with van der Waals surface area (Å²) in [6.07, 6.45) is 1.20. The van der Waals surface area contributed by atoms with Crippen LogP contribution in [0.1, 0.15) is 11.1 Å². The molecule has 0 radical (unpaired) electrons. The smallest absolute Gasteiger partial charge is 0.311 e. The number of hydrogen-bond acceptors (Lipinski definition) is 8. The zero-order valence-electron chi connectivity index (χ0n) is 19.7. The topological polar surface area (TPSA) is 140 Å². The number of para-hydroxylation sites is 2. The lowest BCUT2D eigenvalue weighted by atomic mass is 10.2. The van der Waals surface area contributed by atoms with Crippen molar-refractivity contribution in [3.63, 3.8) is 0 Å². The minimum absolute atomic E-state index is 0.000787. The first-order valence-electron chi connectivity index (χ1n) is 10.5. The van der Waals surface area contributed by atoms with Gasteiger partial charge in [-0.15, -0.1) is 0 Å². The van der Waals surface area contributed by atoms with Crippen LogP contribution in [0.3, 0.4) is 0 Å². The first-order chi connectivity index (χ1) is 17.2. The summed E-state index contributed by atoms with van der Waals surface area (Å²) in [4.78, 5) is 23.3. The molecule has 0 saturated carbocycles. The van der Waals surface area contributed by atoms with Crippen molar-refractivity contribution in [3.8, 4) is 11.5 Å². The van der Waals surface area contributed by atoms with Crippen LogP contribution in [0.5, 0.6) is 11.5 Å². The van der Waals surface area contributed by atoms with Gasteiger partial charge in [0.1, 0.15) is 12.3 Å². The van der Waals surface area contributed by atoms with Crippen LogP contribution >= 0.6 is 0 Å². The molecule has 0 atom stereocenters. The van der Waals surface area contributed by atoms with E-state index >= 15 is 0 Å². The highest BCUT2D eigenvalue weighted by molar-refractivity contribution is 7.92. The molecule has 0 heterocycles. The van der Waals surface area contributed by atoms with E-state index in [2.05, 4.69) is 10.5 Å². The number of nitrogens with one attached hydrogen (secondary N) is 1. The fourth-order valence-electron chi connectivity index (χ4n) is 3.25. The number of methoxy groups -OCH3 is 2. The fourth-order valence-corrected chi connectivity index (χ4v) is 4.68. The normalized spacial score (nSPS) is 11.2. The lowest BCUT2D eigenvalue weighted by Crippen LogP contribution is -2.39. The molecule has 0 saturated heterocycles. The van der Waals surface area contributed by atoms with Crippen molar-refractivity contribution in [2.45, 2.75) is 11.8 Å². The molecule has 12 heteroatoms. The van der Waals surface area contributed by atoms with Crippen LogP contribution in [0.2, 0.25) is 0 Å². The summed E-state index contributed by atoms with van der Waals surface area (Å²) >= 11 is 0. The van der Waals surface area contributed by atoms with Crippen molar-refractivity contribution < 1.29 is 27.6 Å². The average Bonchev–Trinajstić information content (AvgIpc) is 2.87. The Morgan fingerprint density at radius 1 is 1.06 bits per heavy atom. The lowest BCUT2D eigenvalue weighted by molar-refractivity contribution is -0.385. The number of sulfonamides is 1. The molecule has 0 spiro atoms. The molecular weight excluding hydrogens is 488 g/mol. The van der Waals surface area contributed by atoms with Gasteiger partial charge in [-0.1, -0.05) is 29.8 Å². The van der Waals surface area contributed by atoms with Crippen molar-refractivity contribution in [3.05, 3.63) is 88.0 Å². The van der Waals surface area contributed by atoms with E-state index in [4.69, 9.17) is 9.47 Å². The molecule has 0 bridgehead atoms. The molecule has 0 aromatic heterocycles. The van der Waals surface area contributed by atoms with Gasteiger partial charge in [-0.2, -0.15) is 5.10 Å². The van der Waals surface area contributed by atoms with Gasteiger partial charge < -0.3 is 9.47 Å². The Hall–Kier alpha value is -4.45. The summed E-state index contributed by atoms with van der Waals surface area (Å²) in [5.74, 6) is -0.402. The molecule has 0 aliphatic rings. The van der Waals surface area contributed by atoms with Gasteiger partial charge in [-0.3, -0.25) is 19.2 Å². The minimum atomic E-state index is -4.15. The van der Waals surface area contributed by atoms with Crippen molar-refractivity contribution in [2.75, 3.05) is 25.1 Å². The van der Waals surface area contributed by atoms with Crippen molar-refractivity contribution >= 4 is 33.5 Å². The molecule has 0 aliphatic heterocycles.